The molecule has 1 amide bonds. The van der Waals surface area contributed by atoms with E-state index >= 15 is 0 Å². The van der Waals surface area contributed by atoms with Gasteiger partial charge < -0.3 is 16.2 Å². The molecule has 0 aromatic carbocycles. The summed E-state index contributed by atoms with van der Waals surface area (Å²) in [5, 5.41) is 11.8. The molecule has 5 heteroatoms. The average Bonchev–Trinajstić information content (AvgIpc) is 3.06. The largest absolute Gasteiger partial charge is 0.481 e. The van der Waals surface area contributed by atoms with Crippen LogP contribution in [0.25, 0.3) is 0 Å². The Balaban J connectivity index is 1.90. The highest BCUT2D eigenvalue weighted by Gasteiger charge is 2.51. The number of carbonyl (C=O) groups excluding carboxylic acids is 1. The fourth-order valence-corrected chi connectivity index (χ4v) is 2.84. The Morgan fingerprint density at radius 1 is 1.39 bits per heavy atom. The zero-order chi connectivity index (χ0) is 13.4. The molecule has 2 unspecified atom stereocenters. The van der Waals surface area contributed by atoms with Crippen molar-refractivity contribution in [2.45, 2.75) is 51.0 Å². The maximum atomic E-state index is 12.1. The number of hydrogen-bond donors (Lipinski definition) is 3. The molecule has 2 fully saturated rings. The second-order valence-electron chi connectivity index (χ2n) is 6.13. The highest BCUT2D eigenvalue weighted by Crippen LogP contribution is 2.45. The van der Waals surface area contributed by atoms with E-state index in [9.17, 15) is 9.59 Å². The van der Waals surface area contributed by atoms with E-state index in [0.717, 1.165) is 12.8 Å². The lowest BCUT2D eigenvalue weighted by Crippen LogP contribution is -2.57. The van der Waals surface area contributed by atoms with E-state index in [-0.39, 0.29) is 12.5 Å². The number of hydrogen-bond acceptors (Lipinski definition) is 3. The van der Waals surface area contributed by atoms with E-state index in [2.05, 4.69) is 12.2 Å². The van der Waals surface area contributed by atoms with Crippen molar-refractivity contribution in [2.75, 3.05) is 6.54 Å². The van der Waals surface area contributed by atoms with Gasteiger partial charge in [-0.1, -0.05) is 19.8 Å². The van der Waals surface area contributed by atoms with E-state index in [1.807, 2.05) is 0 Å². The molecule has 0 spiro atoms. The highest BCUT2D eigenvalue weighted by molar-refractivity contribution is 5.87. The Bertz CT molecular complexity index is 365. The van der Waals surface area contributed by atoms with E-state index in [1.54, 1.807) is 0 Å². The molecule has 5 nitrogen and oxygen atoms in total. The SMILES string of the molecule is CC1CCCC(N)(C(=O)NCC2(C(=O)O)CC2)C1. The second kappa shape index (κ2) is 4.53. The third-order valence-electron chi connectivity index (χ3n) is 4.38. The lowest BCUT2D eigenvalue weighted by atomic mass is 9.76. The molecule has 2 aliphatic carbocycles. The molecule has 0 radical (unpaired) electrons. The Hall–Kier alpha value is -1.10. The monoisotopic (exact) mass is 254 g/mol. The van der Waals surface area contributed by atoms with Gasteiger partial charge in [-0.05, 0) is 31.6 Å². The highest BCUT2D eigenvalue weighted by atomic mass is 16.4. The molecule has 2 rings (SSSR count). The van der Waals surface area contributed by atoms with Crippen molar-refractivity contribution in [3.8, 4) is 0 Å². The van der Waals surface area contributed by atoms with Crippen LogP contribution in [0.5, 0.6) is 0 Å². The number of carboxylic acids is 1. The molecule has 0 heterocycles. The molecule has 0 aliphatic heterocycles. The topological polar surface area (TPSA) is 92.4 Å². The van der Waals surface area contributed by atoms with Gasteiger partial charge in [-0.2, -0.15) is 0 Å². The van der Waals surface area contributed by atoms with Crippen molar-refractivity contribution in [2.24, 2.45) is 17.1 Å². The third-order valence-corrected chi connectivity index (χ3v) is 4.38. The first kappa shape index (κ1) is 13.3. The third kappa shape index (κ3) is 2.51. The van der Waals surface area contributed by atoms with Gasteiger partial charge in [0.1, 0.15) is 0 Å². The van der Waals surface area contributed by atoms with E-state index in [1.165, 1.54) is 0 Å². The molecule has 18 heavy (non-hydrogen) atoms. The first-order valence-corrected chi connectivity index (χ1v) is 6.69. The van der Waals surface area contributed by atoms with Gasteiger partial charge in [-0.25, -0.2) is 0 Å². The van der Waals surface area contributed by atoms with Gasteiger partial charge in [0.25, 0.3) is 0 Å². The number of carboxylic acid groups (broad SMARTS) is 1. The number of carbonyl (C=O) groups is 2. The number of aliphatic carboxylic acids is 1. The molecule has 0 aromatic heterocycles. The summed E-state index contributed by atoms with van der Waals surface area (Å²) in [5.41, 5.74) is 4.64. The van der Waals surface area contributed by atoms with Gasteiger partial charge in [-0.15, -0.1) is 0 Å². The summed E-state index contributed by atoms with van der Waals surface area (Å²) < 4.78 is 0. The number of nitrogens with two attached hydrogens (primary N) is 1. The van der Waals surface area contributed by atoms with Crippen LogP contribution in [0.3, 0.4) is 0 Å². The van der Waals surface area contributed by atoms with Crippen molar-refractivity contribution in [3.63, 3.8) is 0 Å². The molecule has 2 aliphatic rings. The molecule has 0 saturated heterocycles. The van der Waals surface area contributed by atoms with E-state index in [0.29, 0.717) is 31.6 Å². The summed E-state index contributed by atoms with van der Waals surface area (Å²) in [4.78, 5) is 23.2. The lowest BCUT2D eigenvalue weighted by molar-refractivity contribution is -0.143. The molecule has 2 atom stereocenters. The molecule has 0 bridgehead atoms. The number of amides is 1. The molecule has 2 saturated carbocycles. The lowest BCUT2D eigenvalue weighted by Gasteiger charge is -2.35. The van der Waals surface area contributed by atoms with Crippen LogP contribution in [0.2, 0.25) is 0 Å². The summed E-state index contributed by atoms with van der Waals surface area (Å²) in [7, 11) is 0. The Kier molecular flexibility index (Phi) is 3.36. The second-order valence-corrected chi connectivity index (χ2v) is 6.13. The fourth-order valence-electron chi connectivity index (χ4n) is 2.84. The van der Waals surface area contributed by atoms with Crippen LogP contribution in [0.15, 0.2) is 0 Å². The van der Waals surface area contributed by atoms with Crippen LogP contribution in [0.4, 0.5) is 0 Å². The molecule has 102 valence electrons. The zero-order valence-electron chi connectivity index (χ0n) is 10.9. The first-order chi connectivity index (χ1) is 8.38. The van der Waals surface area contributed by atoms with Crippen molar-refractivity contribution >= 4 is 11.9 Å². The van der Waals surface area contributed by atoms with Gasteiger partial charge in [0.15, 0.2) is 0 Å². The number of nitrogens with one attached hydrogen (secondary N) is 1. The molecule has 4 N–H and O–H groups in total. The van der Waals surface area contributed by atoms with Gasteiger partial charge in [0, 0.05) is 6.54 Å². The quantitative estimate of drug-likeness (QED) is 0.694. The Labute approximate surface area is 107 Å². The fraction of sp³-hybridized carbons (Fsp3) is 0.846. The molecular formula is C13H22N2O3. The van der Waals surface area contributed by atoms with Gasteiger partial charge >= 0.3 is 5.97 Å². The standard InChI is InChI=1S/C13H22N2O3/c1-9-3-2-4-13(14,7-9)10(16)15-8-12(5-6-12)11(17)18/h9H,2-8,14H2,1H3,(H,15,16)(H,17,18). The van der Waals surface area contributed by atoms with Gasteiger partial charge in [-0.3, -0.25) is 9.59 Å². The smallest absolute Gasteiger partial charge is 0.311 e. The van der Waals surface area contributed by atoms with Crippen LogP contribution >= 0.6 is 0 Å². The Morgan fingerprint density at radius 2 is 2.06 bits per heavy atom. The van der Waals surface area contributed by atoms with Crippen LogP contribution in [-0.2, 0) is 9.59 Å². The van der Waals surface area contributed by atoms with Crippen LogP contribution in [0, 0.1) is 11.3 Å². The van der Waals surface area contributed by atoms with E-state index < -0.39 is 16.9 Å². The Morgan fingerprint density at radius 3 is 2.56 bits per heavy atom. The van der Waals surface area contributed by atoms with Gasteiger partial charge in [0.2, 0.25) is 5.91 Å². The summed E-state index contributed by atoms with van der Waals surface area (Å²) in [6.07, 6.45) is 4.77. The van der Waals surface area contributed by atoms with E-state index in [4.69, 9.17) is 10.8 Å². The predicted molar refractivity (Wildman–Crippen MR) is 66.9 cm³/mol. The zero-order valence-corrected chi connectivity index (χ0v) is 10.9. The predicted octanol–water partition coefficient (Wildman–Crippen LogP) is 0.875. The summed E-state index contributed by atoms with van der Waals surface area (Å²) >= 11 is 0. The minimum atomic E-state index is -0.814. The molecule has 0 aromatic rings. The minimum absolute atomic E-state index is 0.179. The maximum Gasteiger partial charge on any atom is 0.311 e. The number of rotatable bonds is 4. The molecular weight excluding hydrogens is 232 g/mol. The van der Waals surface area contributed by atoms with Gasteiger partial charge in [0.05, 0.1) is 11.0 Å². The van der Waals surface area contributed by atoms with Crippen LogP contribution in [0.1, 0.15) is 45.4 Å². The summed E-state index contributed by atoms with van der Waals surface area (Å²) in [6, 6.07) is 0. The summed E-state index contributed by atoms with van der Waals surface area (Å²) in [5.74, 6) is -0.531. The summed E-state index contributed by atoms with van der Waals surface area (Å²) in [6.45, 7) is 2.32. The maximum absolute atomic E-state index is 12.1. The van der Waals surface area contributed by atoms with Crippen molar-refractivity contribution in [1.29, 1.82) is 0 Å². The van der Waals surface area contributed by atoms with Crippen LogP contribution in [-0.4, -0.2) is 29.1 Å². The minimum Gasteiger partial charge on any atom is -0.481 e. The van der Waals surface area contributed by atoms with Crippen molar-refractivity contribution in [3.05, 3.63) is 0 Å². The average molecular weight is 254 g/mol. The van der Waals surface area contributed by atoms with Crippen molar-refractivity contribution < 1.29 is 14.7 Å². The first-order valence-electron chi connectivity index (χ1n) is 6.69. The van der Waals surface area contributed by atoms with Crippen LogP contribution < -0.4 is 11.1 Å². The normalized spacial score (nSPS) is 33.8. The van der Waals surface area contributed by atoms with Crippen molar-refractivity contribution in [1.82, 2.24) is 5.32 Å².